The number of aliphatic imine (C=N–C) groups is 2. The summed E-state index contributed by atoms with van der Waals surface area (Å²) in [7, 11) is 0. The highest BCUT2D eigenvalue weighted by Gasteiger charge is 2.48. The van der Waals surface area contributed by atoms with Crippen molar-refractivity contribution in [1.82, 2.24) is 15.5 Å². The Bertz CT molecular complexity index is 1170. The van der Waals surface area contributed by atoms with Crippen LogP contribution in [0.2, 0.25) is 0 Å². The Morgan fingerprint density at radius 3 is 2.42 bits per heavy atom. The van der Waals surface area contributed by atoms with Gasteiger partial charge in [-0.3, -0.25) is 14.9 Å². The van der Waals surface area contributed by atoms with Gasteiger partial charge in [0, 0.05) is 30.4 Å². The molecule has 3 N–H and O–H groups in total. The number of carbonyl (C=O) groups excluding carboxylic acids is 3. The van der Waals surface area contributed by atoms with Crippen LogP contribution in [0.25, 0.3) is 0 Å². The van der Waals surface area contributed by atoms with Crippen molar-refractivity contribution in [2.75, 3.05) is 18.4 Å². The fourth-order valence-corrected chi connectivity index (χ4v) is 4.61. The van der Waals surface area contributed by atoms with Crippen LogP contribution in [-0.2, 0) is 15.0 Å². The molecule has 1 aromatic carbocycles. The maximum atomic E-state index is 12.3. The number of hydrogen-bond donors (Lipinski definition) is 3. The van der Waals surface area contributed by atoms with E-state index < -0.39 is 17.0 Å². The monoisotopic (exact) mass is 492 g/mol. The van der Waals surface area contributed by atoms with E-state index in [9.17, 15) is 14.4 Å². The number of ketones is 1. The molecule has 9 nitrogen and oxygen atoms in total. The van der Waals surface area contributed by atoms with E-state index in [1.807, 2.05) is 58.9 Å². The van der Waals surface area contributed by atoms with Crippen LogP contribution in [0.3, 0.4) is 0 Å². The largest absolute Gasteiger partial charge is 0.355 e. The number of aryl methyl sites for hydroxylation is 1. The molecule has 2 heterocycles. The van der Waals surface area contributed by atoms with Crippen molar-refractivity contribution < 1.29 is 14.4 Å². The summed E-state index contributed by atoms with van der Waals surface area (Å²) in [5.41, 5.74) is 2.09. The quantitative estimate of drug-likeness (QED) is 0.304. The number of allylic oxidation sites excluding steroid dienone is 1. The van der Waals surface area contributed by atoms with Gasteiger partial charge >= 0.3 is 6.03 Å². The molecule has 0 aliphatic carbocycles. The summed E-state index contributed by atoms with van der Waals surface area (Å²) in [6.07, 6.45) is 4.50. The van der Waals surface area contributed by atoms with Crippen LogP contribution in [0.1, 0.15) is 58.6 Å². The van der Waals surface area contributed by atoms with Crippen molar-refractivity contribution in [2.45, 2.75) is 65.3 Å². The number of nitrogens with zero attached hydrogens (tertiary/aromatic N) is 3. The number of amidine groups is 1. The zero-order valence-corrected chi connectivity index (χ0v) is 22.0. The minimum Gasteiger partial charge on any atom is -0.355 e. The molecule has 9 heteroatoms. The molecule has 36 heavy (non-hydrogen) atoms. The molecule has 0 radical (unpaired) electrons. The van der Waals surface area contributed by atoms with Gasteiger partial charge < -0.3 is 15.5 Å². The van der Waals surface area contributed by atoms with E-state index in [2.05, 4.69) is 37.4 Å². The van der Waals surface area contributed by atoms with Gasteiger partial charge in [-0.05, 0) is 77.6 Å². The first-order valence-corrected chi connectivity index (χ1v) is 12.1. The van der Waals surface area contributed by atoms with Crippen molar-refractivity contribution in [2.24, 2.45) is 9.98 Å². The Hall–Kier alpha value is -3.75. The highest BCUT2D eigenvalue weighted by atomic mass is 16.2. The molecule has 0 aromatic heterocycles. The van der Waals surface area contributed by atoms with Crippen LogP contribution < -0.4 is 16.0 Å². The predicted molar refractivity (Wildman–Crippen MR) is 143 cm³/mol. The van der Waals surface area contributed by atoms with Crippen LogP contribution >= 0.6 is 0 Å². The van der Waals surface area contributed by atoms with E-state index in [-0.39, 0.29) is 11.7 Å². The van der Waals surface area contributed by atoms with Crippen molar-refractivity contribution >= 4 is 35.0 Å². The third-order valence-corrected chi connectivity index (χ3v) is 6.97. The first-order chi connectivity index (χ1) is 16.9. The Kier molecular flexibility index (Phi) is 7.81. The number of nitrogens with one attached hydrogen (secondary N) is 3. The van der Waals surface area contributed by atoms with Crippen molar-refractivity contribution in [3.63, 3.8) is 0 Å². The third kappa shape index (κ3) is 5.56. The lowest BCUT2D eigenvalue weighted by Gasteiger charge is -2.38. The van der Waals surface area contributed by atoms with Gasteiger partial charge in [-0.1, -0.05) is 18.7 Å². The maximum absolute atomic E-state index is 12.3. The van der Waals surface area contributed by atoms with E-state index in [1.165, 1.54) is 0 Å². The molecule has 0 bridgehead atoms. The second kappa shape index (κ2) is 10.5. The number of likely N-dealkylation sites (tertiary alicyclic amines) is 1. The topological polar surface area (TPSA) is 115 Å². The lowest BCUT2D eigenvalue weighted by atomic mass is 9.79. The van der Waals surface area contributed by atoms with Gasteiger partial charge in [0.1, 0.15) is 23.0 Å². The number of piperidine rings is 1. The second-order valence-corrected chi connectivity index (χ2v) is 9.89. The lowest BCUT2D eigenvalue weighted by Crippen LogP contribution is -2.56. The molecule has 3 amide bonds. The first-order valence-electron chi connectivity index (χ1n) is 12.1. The molecule has 0 unspecified atom stereocenters. The Morgan fingerprint density at radius 2 is 1.89 bits per heavy atom. The van der Waals surface area contributed by atoms with Crippen molar-refractivity contribution in [1.29, 1.82) is 0 Å². The van der Waals surface area contributed by atoms with E-state index in [0.717, 1.165) is 16.8 Å². The molecule has 2 saturated heterocycles. The van der Waals surface area contributed by atoms with Crippen molar-refractivity contribution in [3.05, 3.63) is 54.0 Å². The standard InChI is InChI=1S/C27H36N6O3/c1-8-13-28-23(33-14-11-27(12-15-33)24(35)31-25(36)32-27)18(3)29-20(5)30-21-9-10-22(17(2)16-21)26(6,7)19(4)34/h8-10,13,16,30H,5,11-12,14-15H2,1-4,6-7H3,(H2,31,32,35,36)/b13-8-,28-23+,29-18+. The molecule has 192 valence electrons. The molecule has 0 saturated carbocycles. The summed E-state index contributed by atoms with van der Waals surface area (Å²) >= 11 is 0. The summed E-state index contributed by atoms with van der Waals surface area (Å²) in [6, 6.07) is 5.42. The smallest absolute Gasteiger partial charge is 0.322 e. The van der Waals surface area contributed by atoms with Crippen LogP contribution in [0.5, 0.6) is 0 Å². The Morgan fingerprint density at radius 1 is 1.22 bits per heavy atom. The fraction of sp³-hybridized carbons (Fsp3) is 0.444. The summed E-state index contributed by atoms with van der Waals surface area (Å²) in [5, 5.41) is 8.35. The molecular weight excluding hydrogens is 456 g/mol. The summed E-state index contributed by atoms with van der Waals surface area (Å²) < 4.78 is 0. The molecule has 0 atom stereocenters. The fourth-order valence-electron chi connectivity index (χ4n) is 4.61. The minimum absolute atomic E-state index is 0.114. The van der Waals surface area contributed by atoms with Gasteiger partial charge in [-0.15, -0.1) is 0 Å². The van der Waals surface area contributed by atoms with E-state index in [0.29, 0.717) is 43.3 Å². The average Bonchev–Trinajstić information content (AvgIpc) is 3.07. The number of benzene rings is 1. The third-order valence-electron chi connectivity index (χ3n) is 6.97. The molecule has 1 spiro atoms. The number of Topliss-reactive ketones (excluding diaryl/α,β-unsaturated/α-hetero) is 1. The average molecular weight is 493 g/mol. The van der Waals surface area contributed by atoms with Gasteiger partial charge in [-0.25, -0.2) is 14.8 Å². The lowest BCUT2D eigenvalue weighted by molar-refractivity contribution is -0.125. The van der Waals surface area contributed by atoms with E-state index >= 15 is 0 Å². The number of anilines is 1. The van der Waals surface area contributed by atoms with Gasteiger partial charge in [0.25, 0.3) is 5.91 Å². The summed E-state index contributed by atoms with van der Waals surface area (Å²) in [4.78, 5) is 47.3. The molecule has 2 fully saturated rings. The van der Waals surface area contributed by atoms with E-state index in [1.54, 1.807) is 13.1 Å². The zero-order valence-electron chi connectivity index (χ0n) is 22.0. The molecule has 3 rings (SSSR count). The molecule has 1 aromatic rings. The first kappa shape index (κ1) is 26.8. The van der Waals surface area contributed by atoms with Gasteiger partial charge in [0.2, 0.25) is 0 Å². The Balaban J connectivity index is 1.74. The van der Waals surface area contributed by atoms with Crippen molar-refractivity contribution in [3.8, 4) is 0 Å². The van der Waals surface area contributed by atoms with Gasteiger partial charge in [-0.2, -0.15) is 0 Å². The molecule has 2 aliphatic heterocycles. The minimum atomic E-state index is -0.851. The number of carbonyl (C=O) groups is 3. The zero-order chi connectivity index (χ0) is 26.7. The number of rotatable bonds is 7. The van der Waals surface area contributed by atoms with E-state index in [4.69, 9.17) is 0 Å². The second-order valence-electron chi connectivity index (χ2n) is 9.89. The normalized spacial score (nSPS) is 18.4. The van der Waals surface area contributed by atoms with Crippen LogP contribution in [0.4, 0.5) is 10.5 Å². The highest BCUT2D eigenvalue weighted by molar-refractivity contribution is 6.40. The predicted octanol–water partition coefficient (Wildman–Crippen LogP) is 3.81. The van der Waals surface area contributed by atoms with Crippen LogP contribution in [0, 0.1) is 6.92 Å². The number of urea groups is 1. The summed E-state index contributed by atoms with van der Waals surface area (Å²) in [5.74, 6) is 0.985. The number of amides is 3. The van der Waals surface area contributed by atoms with Crippen LogP contribution in [0.15, 0.2) is 52.9 Å². The molecular formula is C27H36N6O3. The maximum Gasteiger partial charge on any atom is 0.322 e. The number of hydrogen-bond acceptors (Lipinski definition) is 6. The SMILES string of the molecule is C=C(/N=C(C)/C(=N\C=C/C)N1CCC2(CC1)NC(=O)NC2=O)Nc1ccc(C(C)(C)C(C)=O)c(C)c1. The van der Waals surface area contributed by atoms with Gasteiger partial charge in [0.05, 0.1) is 5.71 Å². The summed E-state index contributed by atoms with van der Waals surface area (Å²) in [6.45, 7) is 16.4. The molecule has 2 aliphatic rings. The highest BCUT2D eigenvalue weighted by Crippen LogP contribution is 2.30. The van der Waals surface area contributed by atoms with Crippen LogP contribution in [-0.4, -0.2) is 52.8 Å². The van der Waals surface area contributed by atoms with Gasteiger partial charge in [0.15, 0.2) is 0 Å². The Labute approximate surface area is 212 Å². The number of imide groups is 1.